The van der Waals surface area contributed by atoms with Crippen LogP contribution >= 0.6 is 47.4 Å². The van der Waals surface area contributed by atoms with Gasteiger partial charge in [-0.2, -0.15) is 0 Å². The Morgan fingerprint density at radius 3 is 2.00 bits per heavy atom. The summed E-state index contributed by atoms with van der Waals surface area (Å²) in [6.45, 7) is 2.13. The molecule has 2 nitrogen and oxygen atoms in total. The number of hydrogen-bond acceptors (Lipinski definition) is 3. The number of nitrogens with zero attached hydrogens (tertiary/aromatic N) is 1. The molecule has 0 fully saturated rings. The van der Waals surface area contributed by atoms with Crippen LogP contribution in [0.15, 0.2) is 53.5 Å². The van der Waals surface area contributed by atoms with Gasteiger partial charge in [0.25, 0.3) is 0 Å². The minimum absolute atomic E-state index is 0. The SMILES string of the molecule is CCSC1=NC(c2ccc(Cl)cc2)C(c2ccc(Cl)cc2)N1.Cl. The lowest BCUT2D eigenvalue weighted by Crippen LogP contribution is -2.22. The van der Waals surface area contributed by atoms with E-state index in [0.717, 1.165) is 26.5 Å². The highest BCUT2D eigenvalue weighted by Crippen LogP contribution is 2.38. The van der Waals surface area contributed by atoms with Gasteiger partial charge in [-0.1, -0.05) is 66.2 Å². The topological polar surface area (TPSA) is 24.4 Å². The first-order valence-electron chi connectivity index (χ1n) is 7.15. The highest BCUT2D eigenvalue weighted by Gasteiger charge is 2.31. The molecule has 0 saturated heterocycles. The molecule has 0 spiro atoms. The Balaban J connectivity index is 0.00000192. The van der Waals surface area contributed by atoms with Crippen LogP contribution in [0.5, 0.6) is 0 Å². The van der Waals surface area contributed by atoms with E-state index in [9.17, 15) is 0 Å². The molecule has 2 atom stereocenters. The van der Waals surface area contributed by atoms with Crippen LogP contribution in [0.25, 0.3) is 0 Å². The molecule has 0 radical (unpaired) electrons. The van der Waals surface area contributed by atoms with E-state index in [1.165, 1.54) is 5.56 Å². The van der Waals surface area contributed by atoms with Crippen LogP contribution in [-0.4, -0.2) is 10.9 Å². The van der Waals surface area contributed by atoms with Crippen LogP contribution in [0.4, 0.5) is 0 Å². The van der Waals surface area contributed by atoms with Crippen LogP contribution in [0.3, 0.4) is 0 Å². The first-order chi connectivity index (χ1) is 10.7. The third-order valence-electron chi connectivity index (χ3n) is 3.57. The van der Waals surface area contributed by atoms with Crippen LogP contribution in [-0.2, 0) is 0 Å². The second-order valence-corrected chi connectivity index (χ2v) is 7.16. The summed E-state index contributed by atoms with van der Waals surface area (Å²) in [5.74, 6) is 0.993. The van der Waals surface area contributed by atoms with Crippen molar-refractivity contribution < 1.29 is 0 Å². The van der Waals surface area contributed by atoms with E-state index in [1.807, 2.05) is 36.4 Å². The fraction of sp³-hybridized carbons (Fsp3) is 0.235. The van der Waals surface area contributed by atoms with Crippen LogP contribution in [0, 0.1) is 0 Å². The first-order valence-corrected chi connectivity index (χ1v) is 8.89. The van der Waals surface area contributed by atoms with E-state index in [1.54, 1.807) is 11.8 Å². The number of hydrogen-bond donors (Lipinski definition) is 1. The molecule has 6 heteroatoms. The van der Waals surface area contributed by atoms with Crippen molar-refractivity contribution in [2.45, 2.75) is 19.0 Å². The van der Waals surface area contributed by atoms with Crippen molar-refractivity contribution in [2.75, 3.05) is 5.75 Å². The first kappa shape index (κ1) is 18.5. The molecule has 122 valence electrons. The number of nitrogens with one attached hydrogen (secondary N) is 1. The van der Waals surface area contributed by atoms with Gasteiger partial charge in [0, 0.05) is 10.0 Å². The lowest BCUT2D eigenvalue weighted by molar-refractivity contribution is 0.573. The van der Waals surface area contributed by atoms with Gasteiger partial charge in [0.1, 0.15) is 6.04 Å². The van der Waals surface area contributed by atoms with Crippen molar-refractivity contribution >= 4 is 52.5 Å². The number of rotatable bonds is 3. The van der Waals surface area contributed by atoms with E-state index in [0.29, 0.717) is 0 Å². The van der Waals surface area contributed by atoms with Crippen LogP contribution in [0.1, 0.15) is 30.1 Å². The number of amidine groups is 1. The summed E-state index contributed by atoms with van der Waals surface area (Å²) >= 11 is 13.7. The molecule has 1 aliphatic rings. The molecule has 23 heavy (non-hydrogen) atoms. The zero-order valence-corrected chi connectivity index (χ0v) is 15.6. The maximum atomic E-state index is 6.00. The fourth-order valence-corrected chi connectivity index (χ4v) is 3.45. The lowest BCUT2D eigenvalue weighted by atomic mass is 9.95. The summed E-state index contributed by atoms with van der Waals surface area (Å²) in [5, 5.41) is 6.00. The van der Waals surface area contributed by atoms with E-state index >= 15 is 0 Å². The zero-order valence-electron chi connectivity index (χ0n) is 12.5. The van der Waals surface area contributed by atoms with Gasteiger partial charge in [-0.15, -0.1) is 12.4 Å². The maximum Gasteiger partial charge on any atom is 0.157 e. The summed E-state index contributed by atoms with van der Waals surface area (Å²) in [4.78, 5) is 4.85. The molecule has 0 aliphatic carbocycles. The van der Waals surface area contributed by atoms with E-state index in [2.05, 4.69) is 24.4 Å². The zero-order chi connectivity index (χ0) is 15.5. The van der Waals surface area contributed by atoms with Gasteiger partial charge >= 0.3 is 0 Å². The summed E-state index contributed by atoms with van der Waals surface area (Å²) in [6, 6.07) is 16.0. The summed E-state index contributed by atoms with van der Waals surface area (Å²) < 4.78 is 0. The van der Waals surface area contributed by atoms with Gasteiger partial charge in [0.15, 0.2) is 5.17 Å². The Kier molecular flexibility index (Phi) is 6.66. The Hall–Kier alpha value is -0.870. The van der Waals surface area contributed by atoms with Gasteiger partial charge in [0.05, 0.1) is 6.04 Å². The Labute approximate surface area is 157 Å². The van der Waals surface area contributed by atoms with Crippen molar-refractivity contribution in [3.63, 3.8) is 0 Å². The third-order valence-corrected chi connectivity index (χ3v) is 4.86. The maximum absolute atomic E-state index is 6.00. The van der Waals surface area contributed by atoms with E-state index in [4.69, 9.17) is 28.2 Å². The molecule has 3 rings (SSSR count). The smallest absolute Gasteiger partial charge is 0.157 e. The van der Waals surface area contributed by atoms with Crippen molar-refractivity contribution in [1.29, 1.82) is 0 Å². The van der Waals surface area contributed by atoms with Crippen LogP contribution < -0.4 is 5.32 Å². The minimum Gasteiger partial charge on any atom is -0.356 e. The average molecular weight is 388 g/mol. The molecule has 2 aromatic rings. The molecular weight excluding hydrogens is 371 g/mol. The minimum atomic E-state index is 0. The predicted octanol–water partition coefficient (Wildman–Crippen LogP) is 5.91. The number of halogens is 3. The third kappa shape index (κ3) is 4.36. The number of thioether (sulfide) groups is 1. The van der Waals surface area contributed by atoms with E-state index in [-0.39, 0.29) is 24.5 Å². The molecule has 0 aromatic heterocycles. The normalized spacial score (nSPS) is 19.7. The monoisotopic (exact) mass is 386 g/mol. The molecule has 0 bridgehead atoms. The molecule has 1 heterocycles. The van der Waals surface area contributed by atoms with Gasteiger partial charge in [0.2, 0.25) is 0 Å². The molecule has 0 amide bonds. The molecule has 2 aromatic carbocycles. The Bertz CT molecular complexity index is 671. The second-order valence-electron chi connectivity index (χ2n) is 5.04. The molecule has 0 saturated carbocycles. The van der Waals surface area contributed by atoms with Gasteiger partial charge < -0.3 is 5.32 Å². The Morgan fingerprint density at radius 1 is 0.957 bits per heavy atom. The van der Waals surface area contributed by atoms with Gasteiger partial charge in [-0.05, 0) is 41.1 Å². The average Bonchev–Trinajstić information content (AvgIpc) is 2.93. The fourth-order valence-electron chi connectivity index (χ4n) is 2.53. The molecule has 1 aliphatic heterocycles. The van der Waals surface area contributed by atoms with Crippen molar-refractivity contribution in [3.8, 4) is 0 Å². The number of aliphatic imine (C=N–C) groups is 1. The predicted molar refractivity (Wildman–Crippen MR) is 104 cm³/mol. The van der Waals surface area contributed by atoms with E-state index < -0.39 is 0 Å². The summed E-state index contributed by atoms with van der Waals surface area (Å²) in [5.41, 5.74) is 2.34. The highest BCUT2D eigenvalue weighted by molar-refractivity contribution is 8.13. The van der Waals surface area contributed by atoms with Crippen molar-refractivity contribution in [2.24, 2.45) is 4.99 Å². The number of benzene rings is 2. The largest absolute Gasteiger partial charge is 0.356 e. The summed E-state index contributed by atoms with van der Waals surface area (Å²) in [6.07, 6.45) is 0. The quantitative estimate of drug-likeness (QED) is 0.708. The lowest BCUT2D eigenvalue weighted by Gasteiger charge is -2.19. The van der Waals surface area contributed by atoms with Crippen molar-refractivity contribution in [1.82, 2.24) is 5.32 Å². The standard InChI is InChI=1S/C17H16Cl2N2S.ClH/c1-2-22-17-20-15(11-3-7-13(18)8-4-11)16(21-17)12-5-9-14(19)10-6-12;/h3-10,15-16H,2H2,1H3,(H,20,21);1H. The Morgan fingerprint density at radius 2 is 1.48 bits per heavy atom. The molecule has 2 unspecified atom stereocenters. The molecular formula is C17H17Cl3N2S. The van der Waals surface area contributed by atoms with Crippen LogP contribution in [0.2, 0.25) is 10.0 Å². The second kappa shape index (κ2) is 8.29. The van der Waals surface area contributed by atoms with Gasteiger partial charge in [-0.25, -0.2) is 0 Å². The molecule has 1 N–H and O–H groups in total. The van der Waals surface area contributed by atoms with Crippen molar-refractivity contribution in [3.05, 3.63) is 69.7 Å². The highest BCUT2D eigenvalue weighted by atomic mass is 35.5. The summed E-state index contributed by atoms with van der Waals surface area (Å²) in [7, 11) is 0. The van der Waals surface area contributed by atoms with Gasteiger partial charge in [-0.3, -0.25) is 4.99 Å².